The molecule has 1 heterocycles. The zero-order valence-corrected chi connectivity index (χ0v) is 10.0. The van der Waals surface area contributed by atoms with Crippen LogP contribution < -0.4 is 0 Å². The summed E-state index contributed by atoms with van der Waals surface area (Å²) in [6, 6.07) is 0. The van der Waals surface area contributed by atoms with Crippen LogP contribution in [0.5, 0.6) is 0 Å². The van der Waals surface area contributed by atoms with Gasteiger partial charge in [-0.1, -0.05) is 6.92 Å². The summed E-state index contributed by atoms with van der Waals surface area (Å²) < 4.78 is 0. The molecule has 0 aromatic carbocycles. The van der Waals surface area contributed by atoms with Crippen molar-refractivity contribution in [2.45, 2.75) is 39.7 Å². The minimum absolute atomic E-state index is 0.0487. The molecular weight excluding hydrogens is 176 g/mol. The Morgan fingerprint density at radius 3 is 2.07 bits per heavy atom. The number of piperazine rings is 1. The van der Waals surface area contributed by atoms with Crippen LogP contribution >= 0.6 is 0 Å². The van der Waals surface area contributed by atoms with E-state index in [4.69, 9.17) is 4.84 Å². The zero-order valence-electron chi connectivity index (χ0n) is 10.0. The van der Waals surface area contributed by atoms with Gasteiger partial charge in [0, 0.05) is 26.2 Å². The Bertz CT molecular complexity index is 157. The highest BCUT2D eigenvalue weighted by Gasteiger charge is 2.21. The number of nitrogens with zero attached hydrogens (tertiary/aromatic N) is 2. The minimum Gasteiger partial charge on any atom is -0.301 e. The first-order chi connectivity index (χ1) is 6.51. The Hall–Kier alpha value is -0.120. The van der Waals surface area contributed by atoms with Crippen LogP contribution in [0.4, 0.5) is 0 Å². The van der Waals surface area contributed by atoms with E-state index in [9.17, 15) is 0 Å². The highest BCUT2D eigenvalue weighted by molar-refractivity contribution is 4.68. The van der Waals surface area contributed by atoms with Gasteiger partial charge in [-0.25, -0.2) is 0 Å². The van der Waals surface area contributed by atoms with E-state index < -0.39 is 0 Å². The van der Waals surface area contributed by atoms with E-state index in [1.54, 1.807) is 0 Å². The van der Waals surface area contributed by atoms with E-state index in [1.807, 2.05) is 0 Å². The number of rotatable bonds is 3. The topological polar surface area (TPSA) is 15.7 Å². The van der Waals surface area contributed by atoms with Crippen molar-refractivity contribution in [3.63, 3.8) is 0 Å². The van der Waals surface area contributed by atoms with Crippen LogP contribution in [0.15, 0.2) is 0 Å². The molecule has 0 aliphatic carbocycles. The van der Waals surface area contributed by atoms with Crippen molar-refractivity contribution in [3.8, 4) is 0 Å². The molecule has 0 radical (unpaired) electrons. The molecule has 1 aliphatic heterocycles. The van der Waals surface area contributed by atoms with Crippen molar-refractivity contribution >= 4 is 0 Å². The summed E-state index contributed by atoms with van der Waals surface area (Å²) in [6.45, 7) is 14.1. The van der Waals surface area contributed by atoms with Crippen molar-refractivity contribution in [1.82, 2.24) is 9.96 Å². The molecule has 0 aromatic heterocycles. The number of hydrogen-bond acceptors (Lipinski definition) is 3. The molecular formula is C11H24N2O. The van der Waals surface area contributed by atoms with Gasteiger partial charge in [-0.2, -0.15) is 5.06 Å². The van der Waals surface area contributed by atoms with Gasteiger partial charge < -0.3 is 4.90 Å². The fourth-order valence-electron chi connectivity index (χ4n) is 1.75. The van der Waals surface area contributed by atoms with Crippen LogP contribution in [-0.4, -0.2) is 48.3 Å². The maximum absolute atomic E-state index is 5.81. The van der Waals surface area contributed by atoms with Crippen LogP contribution in [0.2, 0.25) is 0 Å². The maximum atomic E-state index is 5.81. The molecule has 3 nitrogen and oxygen atoms in total. The standard InChI is InChI=1S/C11H24N2O/c1-5-6-12-7-9-13(10-8-12)14-11(2,3)4/h5-10H2,1-4H3. The zero-order chi connectivity index (χ0) is 10.6. The summed E-state index contributed by atoms with van der Waals surface area (Å²) in [6.07, 6.45) is 1.25. The lowest BCUT2D eigenvalue weighted by molar-refractivity contribution is -0.239. The number of hydrogen-bond donors (Lipinski definition) is 0. The minimum atomic E-state index is -0.0487. The van der Waals surface area contributed by atoms with Crippen molar-refractivity contribution in [2.75, 3.05) is 32.7 Å². The van der Waals surface area contributed by atoms with Crippen molar-refractivity contribution in [2.24, 2.45) is 0 Å². The fraction of sp³-hybridized carbons (Fsp3) is 1.00. The Morgan fingerprint density at radius 1 is 1.07 bits per heavy atom. The fourth-order valence-corrected chi connectivity index (χ4v) is 1.75. The third kappa shape index (κ3) is 4.40. The first-order valence-corrected chi connectivity index (χ1v) is 5.67. The second-order valence-corrected chi connectivity index (χ2v) is 4.97. The SMILES string of the molecule is CCCN1CCN(OC(C)(C)C)CC1. The first kappa shape index (κ1) is 12.0. The van der Waals surface area contributed by atoms with Gasteiger partial charge in [0.15, 0.2) is 0 Å². The normalized spacial score (nSPS) is 21.4. The average Bonchev–Trinajstić information content (AvgIpc) is 2.06. The molecule has 1 saturated heterocycles. The molecule has 0 spiro atoms. The Labute approximate surface area is 88.0 Å². The van der Waals surface area contributed by atoms with Gasteiger partial charge in [-0.05, 0) is 33.7 Å². The van der Waals surface area contributed by atoms with Gasteiger partial charge >= 0.3 is 0 Å². The van der Waals surface area contributed by atoms with E-state index in [2.05, 4.69) is 37.7 Å². The summed E-state index contributed by atoms with van der Waals surface area (Å²) in [4.78, 5) is 8.31. The Balaban J connectivity index is 2.22. The second kappa shape index (κ2) is 5.10. The third-order valence-corrected chi connectivity index (χ3v) is 2.27. The predicted molar refractivity (Wildman–Crippen MR) is 59.1 cm³/mol. The molecule has 0 aromatic rings. The predicted octanol–water partition coefficient (Wildman–Crippen LogP) is 1.74. The quantitative estimate of drug-likeness (QED) is 0.690. The molecule has 0 saturated carbocycles. The van der Waals surface area contributed by atoms with E-state index in [-0.39, 0.29) is 5.60 Å². The third-order valence-electron chi connectivity index (χ3n) is 2.27. The van der Waals surface area contributed by atoms with Crippen LogP contribution in [0.3, 0.4) is 0 Å². The van der Waals surface area contributed by atoms with Crippen LogP contribution in [-0.2, 0) is 4.84 Å². The molecule has 84 valence electrons. The van der Waals surface area contributed by atoms with Crippen molar-refractivity contribution in [1.29, 1.82) is 0 Å². The molecule has 0 N–H and O–H groups in total. The van der Waals surface area contributed by atoms with E-state index in [0.717, 1.165) is 26.2 Å². The Morgan fingerprint density at radius 2 is 1.64 bits per heavy atom. The average molecular weight is 200 g/mol. The summed E-state index contributed by atoms with van der Waals surface area (Å²) >= 11 is 0. The lowest BCUT2D eigenvalue weighted by Gasteiger charge is -2.37. The lowest BCUT2D eigenvalue weighted by atomic mass is 10.2. The molecule has 0 atom stereocenters. The van der Waals surface area contributed by atoms with Gasteiger partial charge in [-0.15, -0.1) is 0 Å². The highest BCUT2D eigenvalue weighted by atomic mass is 16.7. The monoisotopic (exact) mass is 200 g/mol. The molecule has 3 heteroatoms. The molecule has 0 bridgehead atoms. The molecule has 0 unspecified atom stereocenters. The molecule has 0 amide bonds. The highest BCUT2D eigenvalue weighted by Crippen LogP contribution is 2.12. The lowest BCUT2D eigenvalue weighted by Crippen LogP contribution is -2.48. The second-order valence-electron chi connectivity index (χ2n) is 4.97. The number of hydroxylamine groups is 2. The first-order valence-electron chi connectivity index (χ1n) is 5.67. The van der Waals surface area contributed by atoms with Crippen LogP contribution in [0, 0.1) is 0 Å². The molecule has 14 heavy (non-hydrogen) atoms. The van der Waals surface area contributed by atoms with Gasteiger partial charge in [0.2, 0.25) is 0 Å². The van der Waals surface area contributed by atoms with Gasteiger partial charge in [-0.3, -0.25) is 4.84 Å². The smallest absolute Gasteiger partial charge is 0.0815 e. The van der Waals surface area contributed by atoms with Crippen LogP contribution in [0.1, 0.15) is 34.1 Å². The summed E-state index contributed by atoms with van der Waals surface area (Å²) in [5.74, 6) is 0. The maximum Gasteiger partial charge on any atom is 0.0815 e. The van der Waals surface area contributed by atoms with Crippen molar-refractivity contribution < 1.29 is 4.84 Å². The summed E-state index contributed by atoms with van der Waals surface area (Å²) in [5.41, 5.74) is -0.0487. The van der Waals surface area contributed by atoms with Crippen LogP contribution in [0.25, 0.3) is 0 Å². The van der Waals surface area contributed by atoms with E-state index >= 15 is 0 Å². The Kier molecular flexibility index (Phi) is 4.35. The van der Waals surface area contributed by atoms with Gasteiger partial charge in [0.1, 0.15) is 0 Å². The van der Waals surface area contributed by atoms with Gasteiger partial charge in [0.05, 0.1) is 5.60 Å². The molecule has 1 aliphatic rings. The molecule has 1 rings (SSSR count). The summed E-state index contributed by atoms with van der Waals surface area (Å²) in [5, 5.41) is 2.10. The van der Waals surface area contributed by atoms with E-state index in [1.165, 1.54) is 13.0 Å². The molecule has 1 fully saturated rings. The van der Waals surface area contributed by atoms with Crippen molar-refractivity contribution in [3.05, 3.63) is 0 Å². The van der Waals surface area contributed by atoms with Gasteiger partial charge in [0.25, 0.3) is 0 Å². The summed E-state index contributed by atoms with van der Waals surface area (Å²) in [7, 11) is 0. The van der Waals surface area contributed by atoms with E-state index in [0.29, 0.717) is 0 Å². The largest absolute Gasteiger partial charge is 0.301 e.